The molecular weight excluding hydrogens is 729 g/mol. The first-order chi connectivity index (χ1) is 27.7. The first-order valence-electron chi connectivity index (χ1n) is 19.0. The molecule has 1 heterocycles. The second-order valence-corrected chi connectivity index (χ2v) is 13.6. The van der Waals surface area contributed by atoms with Crippen molar-refractivity contribution in [3.8, 4) is 0 Å². The maximum absolute atomic E-state index is 14.2. The molecule has 4 atom stereocenters. The number of rotatable bonds is 10. The van der Waals surface area contributed by atoms with Gasteiger partial charge in [0.05, 0.1) is 13.2 Å². The lowest BCUT2D eigenvalue weighted by molar-refractivity contribution is -0.134. The monoisotopic (exact) mass is 778 g/mol. The molecule has 0 spiro atoms. The molecule has 0 bridgehead atoms. The molecule has 0 aromatic heterocycles. The van der Waals surface area contributed by atoms with Crippen LogP contribution >= 0.6 is 0 Å². The number of guanidine groups is 1. The van der Waals surface area contributed by atoms with Gasteiger partial charge in [-0.15, -0.1) is 0 Å². The molecule has 0 saturated carbocycles. The molecule has 5 rings (SSSR count). The molecule has 4 aromatic carbocycles. The molecule has 1 saturated heterocycles. The van der Waals surface area contributed by atoms with E-state index in [0.29, 0.717) is 30.5 Å². The van der Waals surface area contributed by atoms with E-state index in [2.05, 4.69) is 31.9 Å². The number of nitrogens with one attached hydrogen (secondary N) is 7. The van der Waals surface area contributed by atoms with E-state index in [9.17, 15) is 24.0 Å². The maximum Gasteiger partial charge on any atom is 0.251 e. The lowest BCUT2D eigenvalue weighted by Crippen LogP contribution is -2.59. The van der Waals surface area contributed by atoms with Gasteiger partial charge in [-0.1, -0.05) is 84.9 Å². The molecule has 4 aromatic rings. The van der Waals surface area contributed by atoms with Crippen LogP contribution in [0.4, 0.5) is 5.69 Å². The molecule has 0 unspecified atom stereocenters. The van der Waals surface area contributed by atoms with Crippen LogP contribution in [0.1, 0.15) is 41.6 Å². The van der Waals surface area contributed by atoms with Crippen molar-refractivity contribution in [3.63, 3.8) is 0 Å². The molecular formula is C42H50N8O7. The molecule has 9 N–H and O–H groups in total. The van der Waals surface area contributed by atoms with Crippen molar-refractivity contribution in [1.29, 1.82) is 5.41 Å². The summed E-state index contributed by atoms with van der Waals surface area (Å²) in [5.74, 6) is -3.24. The lowest BCUT2D eigenvalue weighted by Gasteiger charge is -2.27. The van der Waals surface area contributed by atoms with Crippen LogP contribution in [-0.2, 0) is 35.1 Å². The summed E-state index contributed by atoms with van der Waals surface area (Å²) >= 11 is 0. The standard InChI is InChI=1S/C42H50N8O7/c43-42(44)45-22-12-21-33-38(52)50-36(40(54)46-32-20-11-18-29-15-7-8-19-31(29)32)27-57-24-10-9-23-56-26-35(49-37(51)30-16-5-2-6-17-30)41(55)48-34(39(53)47-33)25-28-13-3-1-4-14-28/h1-8,11,13-20,33-36H,9-10,12,21-27H2,(H,46,54)(H,47,53)(H,48,55)(H,49,51)(H,50,52)(H4,43,44,45)/t33-,34+,35-,36-/m0/s1. The zero-order chi connectivity index (χ0) is 40.4. The van der Waals surface area contributed by atoms with Crippen LogP contribution in [0.2, 0.25) is 0 Å². The highest BCUT2D eigenvalue weighted by molar-refractivity contribution is 6.05. The largest absolute Gasteiger partial charge is 0.379 e. The molecule has 0 aliphatic carbocycles. The van der Waals surface area contributed by atoms with Crippen LogP contribution in [0.15, 0.2) is 103 Å². The number of carbonyl (C=O) groups excluding carboxylic acids is 5. The van der Waals surface area contributed by atoms with Gasteiger partial charge < -0.3 is 47.1 Å². The topological polar surface area (TPSA) is 226 Å². The Morgan fingerprint density at radius 3 is 2.11 bits per heavy atom. The Labute approximate surface area is 331 Å². The quantitative estimate of drug-likeness (QED) is 0.0671. The van der Waals surface area contributed by atoms with E-state index in [1.807, 2.05) is 42.5 Å². The zero-order valence-corrected chi connectivity index (χ0v) is 31.6. The van der Waals surface area contributed by atoms with Gasteiger partial charge in [0.15, 0.2) is 5.96 Å². The second-order valence-electron chi connectivity index (χ2n) is 13.6. The number of amides is 5. The Hall–Kier alpha value is -6.32. The summed E-state index contributed by atoms with van der Waals surface area (Å²) in [4.78, 5) is 69.2. The first kappa shape index (κ1) is 41.8. The van der Waals surface area contributed by atoms with Gasteiger partial charge in [-0.3, -0.25) is 29.4 Å². The van der Waals surface area contributed by atoms with Crippen molar-refractivity contribution in [3.05, 3.63) is 114 Å². The van der Waals surface area contributed by atoms with Gasteiger partial charge >= 0.3 is 0 Å². The third kappa shape index (κ3) is 13.1. The number of ether oxygens (including phenoxy) is 2. The molecule has 300 valence electrons. The number of hydrogen-bond acceptors (Lipinski definition) is 8. The highest BCUT2D eigenvalue weighted by atomic mass is 16.5. The fraction of sp³-hybridized carbons (Fsp3) is 0.333. The van der Waals surface area contributed by atoms with E-state index in [4.69, 9.17) is 20.6 Å². The van der Waals surface area contributed by atoms with Crippen molar-refractivity contribution in [1.82, 2.24) is 26.6 Å². The summed E-state index contributed by atoms with van der Waals surface area (Å²) in [6, 6.07) is 25.9. The number of carbonyl (C=O) groups is 5. The van der Waals surface area contributed by atoms with Gasteiger partial charge in [-0.2, -0.15) is 0 Å². The average molecular weight is 779 g/mol. The molecule has 15 heteroatoms. The van der Waals surface area contributed by atoms with Crippen molar-refractivity contribution in [2.45, 2.75) is 56.3 Å². The van der Waals surface area contributed by atoms with Crippen molar-refractivity contribution in [2.75, 3.05) is 38.3 Å². The Morgan fingerprint density at radius 2 is 1.37 bits per heavy atom. The van der Waals surface area contributed by atoms with E-state index in [-0.39, 0.29) is 51.8 Å². The van der Waals surface area contributed by atoms with Crippen LogP contribution < -0.4 is 37.6 Å². The van der Waals surface area contributed by atoms with Gasteiger partial charge in [0.25, 0.3) is 5.91 Å². The molecule has 57 heavy (non-hydrogen) atoms. The van der Waals surface area contributed by atoms with E-state index in [1.54, 1.807) is 60.7 Å². The highest BCUT2D eigenvalue weighted by Gasteiger charge is 2.32. The Kier molecular flexibility index (Phi) is 15.9. The molecule has 1 aliphatic heterocycles. The minimum Gasteiger partial charge on any atom is -0.379 e. The molecule has 1 fully saturated rings. The predicted octanol–water partition coefficient (Wildman–Crippen LogP) is 2.36. The number of hydrogen-bond donors (Lipinski definition) is 8. The van der Waals surface area contributed by atoms with Gasteiger partial charge in [0.2, 0.25) is 23.6 Å². The average Bonchev–Trinajstić information content (AvgIpc) is 3.21. The highest BCUT2D eigenvalue weighted by Crippen LogP contribution is 2.23. The summed E-state index contributed by atoms with van der Waals surface area (Å²) in [5.41, 5.74) is 7.10. The van der Waals surface area contributed by atoms with Crippen LogP contribution in [0.5, 0.6) is 0 Å². The number of nitrogens with two attached hydrogens (primary N) is 1. The lowest BCUT2D eigenvalue weighted by atomic mass is 10.0. The molecule has 1 aliphatic rings. The molecule has 5 amide bonds. The van der Waals surface area contributed by atoms with Gasteiger partial charge in [0.1, 0.15) is 24.2 Å². The normalized spacial score (nSPS) is 20.1. The van der Waals surface area contributed by atoms with Crippen molar-refractivity contribution in [2.24, 2.45) is 5.73 Å². The summed E-state index contributed by atoms with van der Waals surface area (Å²) in [6.07, 6.45) is 1.53. The molecule has 0 radical (unpaired) electrons. The van der Waals surface area contributed by atoms with Crippen LogP contribution in [-0.4, -0.2) is 92.6 Å². The zero-order valence-electron chi connectivity index (χ0n) is 31.6. The van der Waals surface area contributed by atoms with Crippen LogP contribution in [0.3, 0.4) is 0 Å². The van der Waals surface area contributed by atoms with Gasteiger partial charge in [0, 0.05) is 42.8 Å². The van der Waals surface area contributed by atoms with Crippen molar-refractivity contribution < 1.29 is 33.4 Å². The fourth-order valence-electron chi connectivity index (χ4n) is 6.24. The summed E-state index contributed by atoms with van der Waals surface area (Å²) in [5, 5.41) is 26.0. The maximum atomic E-state index is 14.2. The number of benzene rings is 4. The smallest absolute Gasteiger partial charge is 0.251 e. The Balaban J connectivity index is 1.41. The second kappa shape index (κ2) is 21.7. The van der Waals surface area contributed by atoms with Crippen LogP contribution in [0, 0.1) is 5.41 Å². The van der Waals surface area contributed by atoms with E-state index < -0.39 is 53.7 Å². The number of fused-ring (bicyclic) bond motifs is 1. The summed E-state index contributed by atoms with van der Waals surface area (Å²) in [7, 11) is 0. The van der Waals surface area contributed by atoms with E-state index >= 15 is 0 Å². The first-order valence-corrected chi connectivity index (χ1v) is 19.0. The third-order valence-corrected chi connectivity index (χ3v) is 9.27. The summed E-state index contributed by atoms with van der Waals surface area (Å²) < 4.78 is 11.8. The Bertz CT molecular complexity index is 1980. The summed E-state index contributed by atoms with van der Waals surface area (Å²) in [6.45, 7) is 0.385. The molecule has 15 nitrogen and oxygen atoms in total. The van der Waals surface area contributed by atoms with Crippen LogP contribution in [0.25, 0.3) is 10.8 Å². The van der Waals surface area contributed by atoms with E-state index in [0.717, 1.165) is 16.3 Å². The third-order valence-electron chi connectivity index (χ3n) is 9.27. The minimum atomic E-state index is -1.19. The van der Waals surface area contributed by atoms with E-state index in [1.165, 1.54) is 0 Å². The Morgan fingerprint density at radius 1 is 0.737 bits per heavy atom. The van der Waals surface area contributed by atoms with Gasteiger partial charge in [-0.05, 0) is 54.8 Å². The minimum absolute atomic E-state index is 0.0583. The predicted molar refractivity (Wildman–Crippen MR) is 216 cm³/mol. The SMILES string of the molecule is N=C(N)NCCC[C@@H]1NC(=O)[C@@H](Cc2ccccc2)NC(=O)[C@@H](NC(=O)c2ccccc2)COCCCCOC[C@@H](C(=O)Nc2cccc3ccccc23)NC1=O. The van der Waals surface area contributed by atoms with Gasteiger partial charge in [-0.25, -0.2) is 0 Å². The fourth-order valence-corrected chi connectivity index (χ4v) is 6.24. The van der Waals surface area contributed by atoms with Crippen molar-refractivity contribution >= 4 is 52.0 Å². The number of anilines is 1.